The largest absolute Gasteiger partial charge is 0.489 e. The highest BCUT2D eigenvalue weighted by Crippen LogP contribution is 2.14. The van der Waals surface area contributed by atoms with E-state index in [1.165, 1.54) is 6.20 Å². The van der Waals surface area contributed by atoms with E-state index in [0.717, 1.165) is 11.3 Å². The minimum absolute atomic E-state index is 0.222. The summed E-state index contributed by atoms with van der Waals surface area (Å²) in [6.45, 7) is 0.449. The predicted molar refractivity (Wildman–Crippen MR) is 94.4 cm³/mol. The van der Waals surface area contributed by atoms with Crippen LogP contribution in [0, 0.1) is 0 Å². The molecule has 3 rings (SSSR count). The van der Waals surface area contributed by atoms with Crippen molar-refractivity contribution < 1.29 is 9.53 Å². The van der Waals surface area contributed by atoms with Crippen molar-refractivity contribution in [3.63, 3.8) is 0 Å². The first-order valence-electron chi connectivity index (χ1n) is 7.40. The average Bonchev–Trinajstić information content (AvgIpc) is 2.63. The monoisotopic (exact) mass is 338 g/mol. The number of hydrogen-bond donors (Lipinski definition) is 1. The van der Waals surface area contributed by atoms with E-state index in [1.54, 1.807) is 24.3 Å². The quantitative estimate of drug-likeness (QED) is 0.741. The number of carbonyl (C=O) groups is 1. The number of carbonyl (C=O) groups excluding carboxylic acids is 1. The number of aromatic nitrogens is 1. The van der Waals surface area contributed by atoms with Crippen LogP contribution >= 0.6 is 11.6 Å². The molecule has 3 aromatic rings. The zero-order valence-corrected chi connectivity index (χ0v) is 13.5. The molecule has 0 saturated heterocycles. The molecule has 1 aromatic heterocycles. The van der Waals surface area contributed by atoms with Gasteiger partial charge in [-0.3, -0.25) is 4.79 Å². The fourth-order valence-electron chi connectivity index (χ4n) is 2.07. The summed E-state index contributed by atoms with van der Waals surface area (Å²) in [5, 5.41) is 3.25. The number of para-hydroxylation sites is 1. The number of nitrogens with zero attached hydrogens (tertiary/aromatic N) is 1. The lowest BCUT2D eigenvalue weighted by Crippen LogP contribution is -2.12. The molecule has 2 aromatic carbocycles. The average molecular weight is 339 g/mol. The minimum Gasteiger partial charge on any atom is -0.489 e. The zero-order valence-electron chi connectivity index (χ0n) is 12.8. The maximum absolute atomic E-state index is 12.2. The molecule has 0 unspecified atom stereocenters. The van der Waals surface area contributed by atoms with Gasteiger partial charge in [0, 0.05) is 11.8 Å². The van der Waals surface area contributed by atoms with Gasteiger partial charge in [-0.1, -0.05) is 41.9 Å². The highest BCUT2D eigenvalue weighted by atomic mass is 35.5. The number of pyridine rings is 1. The van der Waals surface area contributed by atoms with Crippen LogP contribution < -0.4 is 10.1 Å². The third-order valence-electron chi connectivity index (χ3n) is 3.33. The highest BCUT2D eigenvalue weighted by Gasteiger charge is 2.07. The third-order valence-corrected chi connectivity index (χ3v) is 3.56. The number of benzene rings is 2. The second-order valence-electron chi connectivity index (χ2n) is 5.11. The lowest BCUT2D eigenvalue weighted by Gasteiger charge is -2.07. The number of nitrogens with one attached hydrogen (secondary N) is 1. The SMILES string of the molecule is O=C(Nc1ccc(Cl)cn1)c1ccc(COc2ccccc2)cc1. The first-order chi connectivity index (χ1) is 11.7. The molecule has 4 nitrogen and oxygen atoms in total. The molecule has 0 aliphatic rings. The van der Waals surface area contributed by atoms with Gasteiger partial charge in [0.2, 0.25) is 0 Å². The molecule has 120 valence electrons. The Morgan fingerprint density at radius 2 is 1.75 bits per heavy atom. The Labute approximate surface area is 145 Å². The van der Waals surface area contributed by atoms with Gasteiger partial charge in [0.1, 0.15) is 18.2 Å². The summed E-state index contributed by atoms with van der Waals surface area (Å²) in [5.41, 5.74) is 1.54. The fraction of sp³-hybridized carbons (Fsp3) is 0.0526. The lowest BCUT2D eigenvalue weighted by atomic mass is 10.1. The van der Waals surface area contributed by atoms with Gasteiger partial charge in [-0.2, -0.15) is 0 Å². The fourth-order valence-corrected chi connectivity index (χ4v) is 2.19. The van der Waals surface area contributed by atoms with Gasteiger partial charge in [-0.15, -0.1) is 0 Å². The van der Waals surface area contributed by atoms with E-state index in [1.807, 2.05) is 42.5 Å². The highest BCUT2D eigenvalue weighted by molar-refractivity contribution is 6.30. The van der Waals surface area contributed by atoms with Crippen LogP contribution in [0.25, 0.3) is 0 Å². The van der Waals surface area contributed by atoms with Gasteiger partial charge in [0.05, 0.1) is 5.02 Å². The van der Waals surface area contributed by atoms with E-state index >= 15 is 0 Å². The molecule has 1 amide bonds. The molecule has 0 spiro atoms. The molecule has 1 heterocycles. The minimum atomic E-state index is -0.222. The second kappa shape index (κ2) is 7.62. The summed E-state index contributed by atoms with van der Waals surface area (Å²) >= 11 is 5.77. The number of halogens is 1. The van der Waals surface area contributed by atoms with Gasteiger partial charge < -0.3 is 10.1 Å². The lowest BCUT2D eigenvalue weighted by molar-refractivity contribution is 0.102. The van der Waals surface area contributed by atoms with Gasteiger partial charge >= 0.3 is 0 Å². The van der Waals surface area contributed by atoms with E-state index in [2.05, 4.69) is 10.3 Å². The van der Waals surface area contributed by atoms with Crippen LogP contribution in [0.5, 0.6) is 5.75 Å². The van der Waals surface area contributed by atoms with Crippen LogP contribution in [0.15, 0.2) is 72.9 Å². The Hall–Kier alpha value is -2.85. The normalized spacial score (nSPS) is 10.2. The molecule has 0 bridgehead atoms. The van der Waals surface area contributed by atoms with E-state index in [9.17, 15) is 4.79 Å². The van der Waals surface area contributed by atoms with Crippen LogP contribution in [0.2, 0.25) is 5.02 Å². The second-order valence-corrected chi connectivity index (χ2v) is 5.55. The Morgan fingerprint density at radius 1 is 1.00 bits per heavy atom. The maximum atomic E-state index is 12.2. The van der Waals surface area contributed by atoms with Gasteiger partial charge in [-0.25, -0.2) is 4.98 Å². The Kier molecular flexibility index (Phi) is 5.08. The van der Waals surface area contributed by atoms with Crippen LogP contribution in [0.3, 0.4) is 0 Å². The summed E-state index contributed by atoms with van der Waals surface area (Å²) in [6.07, 6.45) is 1.49. The standard InChI is InChI=1S/C19H15ClN2O2/c20-16-10-11-18(21-12-16)22-19(23)15-8-6-14(7-9-15)13-24-17-4-2-1-3-5-17/h1-12H,13H2,(H,21,22,23). The third kappa shape index (κ3) is 4.33. The van der Waals surface area contributed by atoms with E-state index in [4.69, 9.17) is 16.3 Å². The van der Waals surface area contributed by atoms with Gasteiger partial charge in [0.25, 0.3) is 5.91 Å². The summed E-state index contributed by atoms with van der Waals surface area (Å²) in [4.78, 5) is 16.2. The van der Waals surface area contributed by atoms with Crippen LogP contribution in [0.1, 0.15) is 15.9 Å². The van der Waals surface area contributed by atoms with Crippen LogP contribution in [-0.4, -0.2) is 10.9 Å². The summed E-state index contributed by atoms with van der Waals surface area (Å²) in [6, 6.07) is 20.2. The Bertz CT molecular complexity index is 803. The Morgan fingerprint density at radius 3 is 2.42 bits per heavy atom. The van der Waals surface area contributed by atoms with Crippen molar-refractivity contribution in [3.05, 3.63) is 89.1 Å². The number of hydrogen-bond acceptors (Lipinski definition) is 3. The van der Waals surface area contributed by atoms with Crippen LogP contribution in [-0.2, 0) is 6.61 Å². The van der Waals surface area contributed by atoms with E-state index in [-0.39, 0.29) is 5.91 Å². The molecule has 0 saturated carbocycles. The predicted octanol–water partition coefficient (Wildman–Crippen LogP) is 4.57. The first-order valence-corrected chi connectivity index (χ1v) is 7.78. The van der Waals surface area contributed by atoms with E-state index in [0.29, 0.717) is 23.0 Å². The van der Waals surface area contributed by atoms with Gasteiger partial charge in [-0.05, 0) is 42.0 Å². The molecule has 0 aliphatic carbocycles. The molecule has 5 heteroatoms. The molecule has 0 aliphatic heterocycles. The summed E-state index contributed by atoms with van der Waals surface area (Å²) < 4.78 is 5.68. The summed E-state index contributed by atoms with van der Waals surface area (Å²) in [5.74, 6) is 1.05. The van der Waals surface area contributed by atoms with Gasteiger partial charge in [0.15, 0.2) is 0 Å². The zero-order chi connectivity index (χ0) is 16.8. The topological polar surface area (TPSA) is 51.2 Å². The smallest absolute Gasteiger partial charge is 0.256 e. The van der Waals surface area contributed by atoms with Crippen molar-refractivity contribution in [2.24, 2.45) is 0 Å². The van der Waals surface area contributed by atoms with E-state index < -0.39 is 0 Å². The van der Waals surface area contributed by atoms with Crippen molar-refractivity contribution in [1.82, 2.24) is 4.98 Å². The van der Waals surface area contributed by atoms with Crippen LogP contribution in [0.4, 0.5) is 5.82 Å². The Balaban J connectivity index is 1.59. The molecule has 0 atom stereocenters. The molecule has 0 fully saturated rings. The number of anilines is 1. The van der Waals surface area contributed by atoms with Crippen molar-refractivity contribution in [1.29, 1.82) is 0 Å². The van der Waals surface area contributed by atoms with Crippen molar-refractivity contribution >= 4 is 23.3 Å². The molecule has 0 radical (unpaired) electrons. The number of rotatable bonds is 5. The van der Waals surface area contributed by atoms with Crippen molar-refractivity contribution in [2.45, 2.75) is 6.61 Å². The van der Waals surface area contributed by atoms with Crippen molar-refractivity contribution in [2.75, 3.05) is 5.32 Å². The molecule has 24 heavy (non-hydrogen) atoms. The first kappa shape index (κ1) is 16.0. The molecular weight excluding hydrogens is 324 g/mol. The maximum Gasteiger partial charge on any atom is 0.256 e. The number of ether oxygens (including phenoxy) is 1. The van der Waals surface area contributed by atoms with Crippen molar-refractivity contribution in [3.8, 4) is 5.75 Å². The summed E-state index contributed by atoms with van der Waals surface area (Å²) in [7, 11) is 0. The molecular formula is C19H15ClN2O2. The number of amides is 1. The molecule has 1 N–H and O–H groups in total.